The number of aromatic nitrogens is 3. The summed E-state index contributed by atoms with van der Waals surface area (Å²) in [6.07, 6.45) is 5.78. The van der Waals surface area contributed by atoms with Gasteiger partial charge in [0.1, 0.15) is 11.6 Å². The highest BCUT2D eigenvalue weighted by Gasteiger charge is 2.18. The lowest BCUT2D eigenvalue weighted by Crippen LogP contribution is -2.29. The van der Waals surface area contributed by atoms with Crippen molar-refractivity contribution in [3.8, 4) is 0 Å². The van der Waals surface area contributed by atoms with Crippen molar-refractivity contribution in [1.82, 2.24) is 20.1 Å². The SMILES string of the molecule is O=C(CSc1n[nH]c(/C=C/c2ccc(F)cc2)n1)N1CCCC1. The highest BCUT2D eigenvalue weighted by atomic mass is 32.2. The van der Waals surface area contributed by atoms with E-state index in [1.165, 1.54) is 23.9 Å². The molecule has 7 heteroatoms. The molecule has 5 nitrogen and oxygen atoms in total. The van der Waals surface area contributed by atoms with Crippen LogP contribution in [0.5, 0.6) is 0 Å². The van der Waals surface area contributed by atoms with Crippen molar-refractivity contribution in [1.29, 1.82) is 0 Å². The molecule has 1 fully saturated rings. The van der Waals surface area contributed by atoms with Crippen LogP contribution in [0.4, 0.5) is 4.39 Å². The van der Waals surface area contributed by atoms with E-state index in [0.29, 0.717) is 16.7 Å². The summed E-state index contributed by atoms with van der Waals surface area (Å²) in [6.45, 7) is 1.72. The number of amides is 1. The van der Waals surface area contributed by atoms with Crippen molar-refractivity contribution in [2.24, 2.45) is 0 Å². The molecule has 1 aromatic carbocycles. The van der Waals surface area contributed by atoms with Crippen LogP contribution < -0.4 is 0 Å². The largest absolute Gasteiger partial charge is 0.342 e. The Morgan fingerprint density at radius 3 is 2.74 bits per heavy atom. The van der Waals surface area contributed by atoms with Crippen molar-refractivity contribution >= 4 is 29.8 Å². The maximum Gasteiger partial charge on any atom is 0.233 e. The molecular formula is C16H17FN4OS. The third-order valence-electron chi connectivity index (χ3n) is 3.57. The maximum atomic E-state index is 12.8. The minimum Gasteiger partial charge on any atom is -0.342 e. The van der Waals surface area contributed by atoms with Crippen LogP contribution in [0.1, 0.15) is 24.2 Å². The molecule has 1 saturated heterocycles. The zero-order chi connectivity index (χ0) is 16.1. The summed E-state index contributed by atoms with van der Waals surface area (Å²) in [7, 11) is 0. The number of halogens is 1. The van der Waals surface area contributed by atoms with Gasteiger partial charge in [0.15, 0.2) is 0 Å². The Morgan fingerprint density at radius 1 is 1.26 bits per heavy atom. The molecule has 1 N–H and O–H groups in total. The first-order valence-corrected chi connectivity index (χ1v) is 8.46. The minimum absolute atomic E-state index is 0.140. The molecule has 0 aliphatic carbocycles. The molecule has 1 aromatic heterocycles. The number of likely N-dealkylation sites (tertiary alicyclic amines) is 1. The lowest BCUT2D eigenvalue weighted by molar-refractivity contribution is -0.127. The van der Waals surface area contributed by atoms with Gasteiger partial charge in [0.2, 0.25) is 11.1 Å². The Labute approximate surface area is 138 Å². The Morgan fingerprint density at radius 2 is 2.00 bits per heavy atom. The summed E-state index contributed by atoms with van der Waals surface area (Å²) in [5.41, 5.74) is 0.876. The maximum absolute atomic E-state index is 12.8. The molecule has 0 atom stereocenters. The number of aromatic amines is 1. The molecule has 0 spiro atoms. The molecule has 0 saturated carbocycles. The van der Waals surface area contributed by atoms with Crippen molar-refractivity contribution in [3.63, 3.8) is 0 Å². The average molecular weight is 332 g/mol. The first kappa shape index (κ1) is 15.7. The number of thioether (sulfide) groups is 1. The molecule has 23 heavy (non-hydrogen) atoms. The highest BCUT2D eigenvalue weighted by Crippen LogP contribution is 2.16. The number of carbonyl (C=O) groups excluding carboxylic acids is 1. The van der Waals surface area contributed by atoms with Crippen LogP contribution in [0.3, 0.4) is 0 Å². The van der Waals surface area contributed by atoms with E-state index in [1.54, 1.807) is 18.2 Å². The summed E-state index contributed by atoms with van der Waals surface area (Å²) >= 11 is 1.33. The minimum atomic E-state index is -0.261. The lowest BCUT2D eigenvalue weighted by atomic mass is 10.2. The number of hydrogen-bond donors (Lipinski definition) is 1. The molecule has 0 unspecified atom stereocenters. The lowest BCUT2D eigenvalue weighted by Gasteiger charge is -2.13. The first-order valence-electron chi connectivity index (χ1n) is 7.47. The molecular weight excluding hydrogens is 315 g/mol. The third kappa shape index (κ3) is 4.41. The van der Waals surface area contributed by atoms with E-state index in [2.05, 4.69) is 15.2 Å². The molecule has 0 radical (unpaired) electrons. The fourth-order valence-corrected chi connectivity index (χ4v) is 3.04. The predicted octanol–water partition coefficient (Wildman–Crippen LogP) is 2.83. The second-order valence-corrected chi connectivity index (χ2v) is 6.21. The van der Waals surface area contributed by atoms with Gasteiger partial charge in [0.05, 0.1) is 5.75 Å². The van der Waals surface area contributed by atoms with Gasteiger partial charge in [-0.05, 0) is 36.6 Å². The van der Waals surface area contributed by atoms with Gasteiger partial charge in [-0.2, -0.15) is 0 Å². The average Bonchev–Trinajstić information content (AvgIpc) is 3.24. The smallest absolute Gasteiger partial charge is 0.233 e. The van der Waals surface area contributed by atoms with Crippen LogP contribution in [-0.4, -0.2) is 44.8 Å². The molecule has 2 aromatic rings. The van der Waals surface area contributed by atoms with Crippen LogP contribution in [0, 0.1) is 5.82 Å². The fourth-order valence-electron chi connectivity index (χ4n) is 2.33. The quantitative estimate of drug-likeness (QED) is 0.855. The zero-order valence-corrected chi connectivity index (χ0v) is 13.4. The van der Waals surface area contributed by atoms with E-state index >= 15 is 0 Å². The van der Waals surface area contributed by atoms with E-state index in [0.717, 1.165) is 31.5 Å². The van der Waals surface area contributed by atoms with E-state index in [4.69, 9.17) is 0 Å². The number of carbonyl (C=O) groups is 1. The second kappa shape index (κ2) is 7.41. The van der Waals surface area contributed by atoms with Crippen LogP contribution in [-0.2, 0) is 4.79 Å². The Kier molecular flexibility index (Phi) is 5.07. The van der Waals surface area contributed by atoms with Crippen molar-refractivity contribution < 1.29 is 9.18 Å². The van der Waals surface area contributed by atoms with E-state index in [-0.39, 0.29) is 11.7 Å². The van der Waals surface area contributed by atoms with Gasteiger partial charge in [-0.3, -0.25) is 9.89 Å². The number of nitrogens with zero attached hydrogens (tertiary/aromatic N) is 3. The normalized spacial score (nSPS) is 14.7. The molecule has 1 amide bonds. The highest BCUT2D eigenvalue weighted by molar-refractivity contribution is 7.99. The van der Waals surface area contributed by atoms with Crippen molar-refractivity contribution in [3.05, 3.63) is 41.5 Å². The number of rotatable bonds is 5. The molecule has 0 bridgehead atoms. The van der Waals surface area contributed by atoms with Crippen molar-refractivity contribution in [2.45, 2.75) is 18.0 Å². The molecule has 3 rings (SSSR count). The van der Waals surface area contributed by atoms with Gasteiger partial charge in [-0.15, -0.1) is 5.10 Å². The summed E-state index contributed by atoms with van der Waals surface area (Å²) in [5, 5.41) is 7.45. The standard InChI is InChI=1S/C16H17FN4OS/c17-13-6-3-12(4-7-13)5-8-14-18-16(20-19-14)23-11-15(22)21-9-1-2-10-21/h3-8H,1-2,9-11H2,(H,18,19,20)/b8-5+. The van der Waals surface area contributed by atoms with Gasteiger partial charge < -0.3 is 4.90 Å². The number of hydrogen-bond acceptors (Lipinski definition) is 4. The first-order chi connectivity index (χ1) is 11.2. The van der Waals surface area contributed by atoms with Crippen molar-refractivity contribution in [2.75, 3.05) is 18.8 Å². The summed E-state index contributed by atoms with van der Waals surface area (Å²) < 4.78 is 12.8. The van der Waals surface area contributed by atoms with Crippen LogP contribution in [0.25, 0.3) is 12.2 Å². The van der Waals surface area contributed by atoms with Gasteiger partial charge >= 0.3 is 0 Å². The monoisotopic (exact) mass is 332 g/mol. The van der Waals surface area contributed by atoms with Gasteiger partial charge in [0, 0.05) is 13.1 Å². The van der Waals surface area contributed by atoms with Gasteiger partial charge in [0.25, 0.3) is 0 Å². The Bertz CT molecular complexity index is 692. The van der Waals surface area contributed by atoms with E-state index in [9.17, 15) is 9.18 Å². The zero-order valence-electron chi connectivity index (χ0n) is 12.5. The molecule has 120 valence electrons. The topological polar surface area (TPSA) is 61.9 Å². The van der Waals surface area contributed by atoms with Crippen LogP contribution >= 0.6 is 11.8 Å². The predicted molar refractivity (Wildman–Crippen MR) is 88.2 cm³/mol. The van der Waals surface area contributed by atoms with Gasteiger partial charge in [-0.25, -0.2) is 9.37 Å². The summed E-state index contributed by atoms with van der Waals surface area (Å²) in [4.78, 5) is 18.1. The number of H-pyrrole nitrogens is 1. The number of nitrogens with one attached hydrogen (secondary N) is 1. The molecule has 1 aliphatic heterocycles. The Hall–Kier alpha value is -2.15. The van der Waals surface area contributed by atoms with Crippen LogP contribution in [0.15, 0.2) is 29.4 Å². The number of benzene rings is 1. The molecule has 2 heterocycles. The second-order valence-electron chi connectivity index (χ2n) is 5.26. The van der Waals surface area contributed by atoms with Crippen LogP contribution in [0.2, 0.25) is 0 Å². The fraction of sp³-hybridized carbons (Fsp3) is 0.312. The third-order valence-corrected chi connectivity index (χ3v) is 4.40. The summed E-state index contributed by atoms with van der Waals surface area (Å²) in [5.74, 6) is 0.841. The molecule has 1 aliphatic rings. The van der Waals surface area contributed by atoms with Gasteiger partial charge in [-0.1, -0.05) is 30.0 Å². The van der Waals surface area contributed by atoms with E-state index in [1.807, 2.05) is 11.0 Å². The summed E-state index contributed by atoms with van der Waals surface area (Å²) in [6, 6.07) is 6.19. The Balaban J connectivity index is 1.53. The van der Waals surface area contributed by atoms with E-state index < -0.39 is 0 Å².